The first-order valence-corrected chi connectivity index (χ1v) is 10.0. The molecule has 0 spiro atoms. The van der Waals surface area contributed by atoms with Gasteiger partial charge in [0.15, 0.2) is 0 Å². The lowest BCUT2D eigenvalue weighted by atomic mass is 9.96. The van der Waals surface area contributed by atoms with E-state index >= 15 is 0 Å². The Morgan fingerprint density at radius 1 is 1.11 bits per heavy atom. The Bertz CT molecular complexity index is 792. The molecule has 0 heterocycles. The molecule has 0 bridgehead atoms. The first-order chi connectivity index (χ1) is 13.0. The zero-order valence-electron chi connectivity index (χ0n) is 15.2. The topological polar surface area (TPSA) is 58.2 Å². The number of hydrogen-bond donors (Lipinski definition) is 2. The molecule has 1 saturated carbocycles. The predicted octanol–water partition coefficient (Wildman–Crippen LogP) is 3.73. The van der Waals surface area contributed by atoms with E-state index < -0.39 is 0 Å². The van der Waals surface area contributed by atoms with Crippen molar-refractivity contribution in [2.24, 2.45) is 0 Å². The average Bonchev–Trinajstić information content (AvgIpc) is 3.48. The van der Waals surface area contributed by atoms with Crippen molar-refractivity contribution >= 4 is 29.3 Å². The number of anilines is 1. The van der Waals surface area contributed by atoms with Crippen molar-refractivity contribution in [2.45, 2.75) is 30.4 Å². The monoisotopic (exact) mass is 386 g/mol. The molecule has 2 N–H and O–H groups in total. The number of hydrogen-bond acceptors (Lipinski definition) is 3. The molecule has 3 rings (SSSR count). The average molecular weight is 386 g/mol. The third kappa shape index (κ3) is 5.32. The lowest BCUT2D eigenvalue weighted by Crippen LogP contribution is -2.37. The summed E-state index contributed by atoms with van der Waals surface area (Å²) in [5.41, 5.74) is 1.88. The van der Waals surface area contributed by atoms with Crippen LogP contribution in [0.15, 0.2) is 54.6 Å². The van der Waals surface area contributed by atoms with Gasteiger partial charge in [-0.25, -0.2) is 4.39 Å². The standard InChI is InChI=1S/C21H23FN2O2S/c1-15(27-13-19(25)24-18-9-7-17(22)8-10-18)20(26)23-14-21(11-12-21)16-5-3-2-4-6-16/h2-10,15H,11-14H2,1H3,(H,23,26)(H,24,25)/t15-/m0/s1. The third-order valence-corrected chi connectivity index (χ3v) is 5.95. The van der Waals surface area contributed by atoms with Gasteiger partial charge in [0.1, 0.15) is 5.82 Å². The summed E-state index contributed by atoms with van der Waals surface area (Å²) in [6, 6.07) is 15.9. The lowest BCUT2D eigenvalue weighted by molar-refractivity contribution is -0.120. The highest BCUT2D eigenvalue weighted by Crippen LogP contribution is 2.47. The Morgan fingerprint density at radius 2 is 1.78 bits per heavy atom. The van der Waals surface area contributed by atoms with Crippen LogP contribution in [0, 0.1) is 5.82 Å². The fourth-order valence-corrected chi connectivity index (χ4v) is 3.63. The number of rotatable bonds is 8. The second-order valence-corrected chi connectivity index (χ2v) is 8.20. The van der Waals surface area contributed by atoms with Crippen LogP contribution in [0.1, 0.15) is 25.3 Å². The minimum atomic E-state index is -0.350. The van der Waals surface area contributed by atoms with Crippen LogP contribution in [-0.4, -0.2) is 29.4 Å². The van der Waals surface area contributed by atoms with Gasteiger partial charge in [0.2, 0.25) is 11.8 Å². The number of carbonyl (C=O) groups is 2. The van der Waals surface area contributed by atoms with E-state index in [1.165, 1.54) is 41.6 Å². The summed E-state index contributed by atoms with van der Waals surface area (Å²) in [4.78, 5) is 24.3. The Morgan fingerprint density at radius 3 is 2.41 bits per heavy atom. The molecule has 4 nitrogen and oxygen atoms in total. The van der Waals surface area contributed by atoms with Gasteiger partial charge in [-0.1, -0.05) is 30.3 Å². The van der Waals surface area contributed by atoms with Crippen molar-refractivity contribution in [1.29, 1.82) is 0 Å². The van der Waals surface area contributed by atoms with E-state index in [4.69, 9.17) is 0 Å². The fraction of sp³-hybridized carbons (Fsp3) is 0.333. The summed E-state index contributed by atoms with van der Waals surface area (Å²) < 4.78 is 12.9. The van der Waals surface area contributed by atoms with Crippen LogP contribution in [0.2, 0.25) is 0 Å². The molecular weight excluding hydrogens is 363 g/mol. The third-order valence-electron chi connectivity index (χ3n) is 4.80. The molecule has 0 radical (unpaired) electrons. The van der Waals surface area contributed by atoms with Gasteiger partial charge >= 0.3 is 0 Å². The molecule has 0 aromatic heterocycles. The van der Waals surface area contributed by atoms with Crippen LogP contribution in [0.5, 0.6) is 0 Å². The molecule has 1 fully saturated rings. The normalized spacial score (nSPS) is 15.6. The molecular formula is C21H23FN2O2S. The van der Waals surface area contributed by atoms with E-state index in [1.54, 1.807) is 6.92 Å². The van der Waals surface area contributed by atoms with Crippen molar-refractivity contribution in [2.75, 3.05) is 17.6 Å². The molecule has 2 aromatic rings. The molecule has 1 atom stereocenters. The number of halogens is 1. The molecule has 0 aliphatic heterocycles. The predicted molar refractivity (Wildman–Crippen MR) is 107 cm³/mol. The zero-order valence-corrected chi connectivity index (χ0v) is 16.0. The van der Waals surface area contributed by atoms with Gasteiger partial charge in [-0.15, -0.1) is 11.8 Å². The van der Waals surface area contributed by atoms with Crippen molar-refractivity contribution in [1.82, 2.24) is 5.32 Å². The molecule has 142 valence electrons. The van der Waals surface area contributed by atoms with Gasteiger partial charge in [-0.2, -0.15) is 0 Å². The van der Waals surface area contributed by atoms with Gasteiger partial charge in [0.25, 0.3) is 0 Å². The summed E-state index contributed by atoms with van der Waals surface area (Å²) in [6.45, 7) is 2.43. The Labute approximate surface area is 162 Å². The number of thioether (sulfide) groups is 1. The van der Waals surface area contributed by atoms with E-state index in [0.717, 1.165) is 12.8 Å². The van der Waals surface area contributed by atoms with Crippen LogP contribution < -0.4 is 10.6 Å². The molecule has 1 aliphatic rings. The number of amides is 2. The van der Waals surface area contributed by atoms with Gasteiger partial charge in [-0.3, -0.25) is 9.59 Å². The molecule has 0 unspecified atom stereocenters. The maximum atomic E-state index is 12.9. The van der Waals surface area contributed by atoms with Crippen molar-refractivity contribution < 1.29 is 14.0 Å². The fourth-order valence-electron chi connectivity index (χ4n) is 2.92. The summed E-state index contributed by atoms with van der Waals surface area (Å²) in [5.74, 6) is -0.460. The van der Waals surface area contributed by atoms with Gasteiger partial charge in [0, 0.05) is 17.6 Å². The molecule has 6 heteroatoms. The Hall–Kier alpha value is -2.34. The van der Waals surface area contributed by atoms with Crippen molar-refractivity contribution in [3.8, 4) is 0 Å². The Balaban J connectivity index is 1.41. The van der Waals surface area contributed by atoms with E-state index in [1.807, 2.05) is 18.2 Å². The first kappa shape index (κ1) is 19.4. The highest BCUT2D eigenvalue weighted by Gasteiger charge is 2.44. The second-order valence-electron chi connectivity index (χ2n) is 6.87. The first-order valence-electron chi connectivity index (χ1n) is 8.99. The van der Waals surface area contributed by atoms with E-state index in [0.29, 0.717) is 12.2 Å². The van der Waals surface area contributed by atoms with Crippen molar-refractivity contribution in [3.63, 3.8) is 0 Å². The van der Waals surface area contributed by atoms with Gasteiger partial charge in [-0.05, 0) is 49.6 Å². The molecule has 0 saturated heterocycles. The smallest absolute Gasteiger partial charge is 0.234 e. The van der Waals surface area contributed by atoms with Crippen LogP contribution in [0.4, 0.5) is 10.1 Å². The quantitative estimate of drug-likeness (QED) is 0.727. The highest BCUT2D eigenvalue weighted by atomic mass is 32.2. The SMILES string of the molecule is C[C@H](SCC(=O)Nc1ccc(F)cc1)C(=O)NCC1(c2ccccc2)CC1. The molecule has 2 aromatic carbocycles. The van der Waals surface area contributed by atoms with E-state index in [-0.39, 0.29) is 34.0 Å². The van der Waals surface area contributed by atoms with Gasteiger partial charge < -0.3 is 10.6 Å². The number of carbonyl (C=O) groups excluding carboxylic acids is 2. The van der Waals surface area contributed by atoms with Crippen LogP contribution >= 0.6 is 11.8 Å². The maximum Gasteiger partial charge on any atom is 0.234 e. The Kier molecular flexibility index (Phi) is 6.16. The van der Waals surface area contributed by atoms with Crippen LogP contribution in [0.25, 0.3) is 0 Å². The van der Waals surface area contributed by atoms with Crippen molar-refractivity contribution in [3.05, 3.63) is 66.0 Å². The second kappa shape index (κ2) is 8.57. The summed E-state index contributed by atoms with van der Waals surface area (Å²) in [7, 11) is 0. The maximum absolute atomic E-state index is 12.9. The van der Waals surface area contributed by atoms with Gasteiger partial charge in [0.05, 0.1) is 11.0 Å². The molecule has 2 amide bonds. The lowest BCUT2D eigenvalue weighted by Gasteiger charge is -2.18. The summed E-state index contributed by atoms with van der Waals surface area (Å²) >= 11 is 1.28. The van der Waals surface area contributed by atoms with Crippen LogP contribution in [0.3, 0.4) is 0 Å². The number of nitrogens with one attached hydrogen (secondary N) is 2. The minimum Gasteiger partial charge on any atom is -0.354 e. The summed E-state index contributed by atoms with van der Waals surface area (Å²) in [5, 5.41) is 5.40. The largest absolute Gasteiger partial charge is 0.354 e. The molecule has 27 heavy (non-hydrogen) atoms. The number of benzene rings is 2. The zero-order chi connectivity index (χ0) is 19.3. The highest BCUT2D eigenvalue weighted by molar-refractivity contribution is 8.01. The van der Waals surface area contributed by atoms with E-state index in [2.05, 4.69) is 22.8 Å². The summed E-state index contributed by atoms with van der Waals surface area (Å²) in [6.07, 6.45) is 2.16. The van der Waals surface area contributed by atoms with Crippen LogP contribution in [-0.2, 0) is 15.0 Å². The van der Waals surface area contributed by atoms with E-state index in [9.17, 15) is 14.0 Å². The molecule has 1 aliphatic carbocycles. The minimum absolute atomic E-state index is 0.0585.